The van der Waals surface area contributed by atoms with E-state index in [-0.39, 0.29) is 12.5 Å². The maximum absolute atomic E-state index is 11.1. The van der Waals surface area contributed by atoms with Gasteiger partial charge in [-0.3, -0.25) is 9.59 Å². The Balaban J connectivity index is 2.70. The van der Waals surface area contributed by atoms with Gasteiger partial charge in [-0.15, -0.1) is 0 Å². The molecular weight excluding hydrogens is 218 g/mol. The standard InChI is InChI=1S/C13H17NO3/c1-9-5-3-4-6-11(9)7-12(13(16)17)8-14-10(2)15/h3-6,12H,7-8H2,1-2H3,(H,14,15)(H,16,17). The maximum Gasteiger partial charge on any atom is 0.308 e. The first-order chi connectivity index (χ1) is 8.00. The molecule has 1 unspecified atom stereocenters. The zero-order valence-electron chi connectivity index (χ0n) is 10.1. The summed E-state index contributed by atoms with van der Waals surface area (Å²) in [6.07, 6.45) is 0.433. The van der Waals surface area contributed by atoms with E-state index in [0.29, 0.717) is 6.42 Å². The van der Waals surface area contributed by atoms with Gasteiger partial charge in [0.05, 0.1) is 5.92 Å². The summed E-state index contributed by atoms with van der Waals surface area (Å²) in [5.74, 6) is -1.68. The molecule has 0 aliphatic rings. The Morgan fingerprint density at radius 2 is 2.00 bits per heavy atom. The lowest BCUT2D eigenvalue weighted by atomic mass is 9.96. The minimum atomic E-state index is -0.887. The van der Waals surface area contributed by atoms with E-state index >= 15 is 0 Å². The molecule has 1 aromatic rings. The molecule has 0 saturated carbocycles. The molecule has 1 amide bonds. The van der Waals surface area contributed by atoms with E-state index < -0.39 is 11.9 Å². The average molecular weight is 235 g/mol. The highest BCUT2D eigenvalue weighted by molar-refractivity contribution is 5.75. The first-order valence-corrected chi connectivity index (χ1v) is 5.52. The highest BCUT2D eigenvalue weighted by Gasteiger charge is 2.18. The molecule has 1 aromatic carbocycles. The van der Waals surface area contributed by atoms with E-state index in [9.17, 15) is 9.59 Å². The summed E-state index contributed by atoms with van der Waals surface area (Å²) in [4.78, 5) is 21.9. The molecule has 0 aliphatic carbocycles. The van der Waals surface area contributed by atoms with Crippen LogP contribution in [-0.2, 0) is 16.0 Å². The molecule has 1 atom stereocenters. The second kappa shape index (κ2) is 6.03. The number of hydrogen-bond donors (Lipinski definition) is 2. The molecule has 0 aliphatic heterocycles. The number of aryl methyl sites for hydroxylation is 1. The van der Waals surface area contributed by atoms with Crippen molar-refractivity contribution in [2.45, 2.75) is 20.3 Å². The van der Waals surface area contributed by atoms with Crippen molar-refractivity contribution in [3.63, 3.8) is 0 Å². The van der Waals surface area contributed by atoms with Gasteiger partial charge in [-0.2, -0.15) is 0 Å². The molecule has 0 fully saturated rings. The molecule has 2 N–H and O–H groups in total. The van der Waals surface area contributed by atoms with Crippen LogP contribution in [0.5, 0.6) is 0 Å². The van der Waals surface area contributed by atoms with Gasteiger partial charge in [-0.05, 0) is 24.5 Å². The molecule has 17 heavy (non-hydrogen) atoms. The largest absolute Gasteiger partial charge is 0.481 e. The normalized spacial score (nSPS) is 11.9. The lowest BCUT2D eigenvalue weighted by molar-refractivity contribution is -0.141. The predicted molar refractivity (Wildman–Crippen MR) is 64.7 cm³/mol. The summed E-state index contributed by atoms with van der Waals surface area (Å²) in [6.45, 7) is 3.50. The molecule has 92 valence electrons. The van der Waals surface area contributed by atoms with Crippen LogP contribution in [0.1, 0.15) is 18.1 Å². The quantitative estimate of drug-likeness (QED) is 0.810. The molecule has 0 aromatic heterocycles. The Bertz CT molecular complexity index is 415. The number of benzene rings is 1. The first kappa shape index (κ1) is 13.2. The van der Waals surface area contributed by atoms with Crippen LogP contribution in [0.3, 0.4) is 0 Å². The van der Waals surface area contributed by atoms with Gasteiger partial charge in [0.2, 0.25) is 5.91 Å². The van der Waals surface area contributed by atoms with Gasteiger partial charge in [0.15, 0.2) is 0 Å². The number of carbonyl (C=O) groups is 2. The zero-order chi connectivity index (χ0) is 12.8. The van der Waals surface area contributed by atoms with Crippen molar-refractivity contribution >= 4 is 11.9 Å². The van der Waals surface area contributed by atoms with E-state index in [1.165, 1.54) is 6.92 Å². The van der Waals surface area contributed by atoms with Crippen LogP contribution >= 0.6 is 0 Å². The summed E-state index contributed by atoms with van der Waals surface area (Å²) in [5.41, 5.74) is 2.08. The number of carboxylic acid groups (broad SMARTS) is 1. The molecule has 4 heteroatoms. The van der Waals surface area contributed by atoms with E-state index in [4.69, 9.17) is 5.11 Å². The minimum absolute atomic E-state index is 0.166. The highest BCUT2D eigenvalue weighted by atomic mass is 16.4. The van der Waals surface area contributed by atoms with Crippen molar-refractivity contribution in [3.05, 3.63) is 35.4 Å². The van der Waals surface area contributed by atoms with Crippen LogP contribution in [0.2, 0.25) is 0 Å². The van der Waals surface area contributed by atoms with E-state index in [1.807, 2.05) is 31.2 Å². The SMILES string of the molecule is CC(=O)NCC(Cc1ccccc1C)C(=O)O. The molecule has 0 heterocycles. The van der Waals surface area contributed by atoms with E-state index in [2.05, 4.69) is 5.32 Å². The van der Waals surface area contributed by atoms with Crippen molar-refractivity contribution in [1.29, 1.82) is 0 Å². The third-order valence-corrected chi connectivity index (χ3v) is 2.67. The molecule has 0 bridgehead atoms. The summed E-state index contributed by atoms with van der Waals surface area (Å²) < 4.78 is 0. The Morgan fingerprint density at radius 1 is 1.35 bits per heavy atom. The van der Waals surface area contributed by atoms with Crippen LogP contribution in [0.25, 0.3) is 0 Å². The number of hydrogen-bond acceptors (Lipinski definition) is 2. The number of rotatable bonds is 5. The van der Waals surface area contributed by atoms with Crippen molar-refractivity contribution in [2.24, 2.45) is 5.92 Å². The summed E-state index contributed by atoms with van der Waals surface area (Å²) in [7, 11) is 0. The van der Waals surface area contributed by atoms with Gasteiger partial charge in [0.1, 0.15) is 0 Å². The Hall–Kier alpha value is -1.84. The lowest BCUT2D eigenvalue weighted by Crippen LogP contribution is -2.32. The third kappa shape index (κ3) is 4.26. The Morgan fingerprint density at radius 3 is 2.53 bits per heavy atom. The maximum atomic E-state index is 11.1. The van der Waals surface area contributed by atoms with Gasteiger partial charge in [-0.1, -0.05) is 24.3 Å². The van der Waals surface area contributed by atoms with Gasteiger partial charge < -0.3 is 10.4 Å². The first-order valence-electron chi connectivity index (χ1n) is 5.52. The number of carboxylic acids is 1. The highest BCUT2D eigenvalue weighted by Crippen LogP contribution is 2.13. The number of carbonyl (C=O) groups excluding carboxylic acids is 1. The molecule has 1 rings (SSSR count). The second-order valence-corrected chi connectivity index (χ2v) is 4.10. The van der Waals surface area contributed by atoms with E-state index in [0.717, 1.165) is 11.1 Å². The fourth-order valence-electron chi connectivity index (χ4n) is 1.62. The number of nitrogens with one attached hydrogen (secondary N) is 1. The number of aliphatic carboxylic acids is 1. The van der Waals surface area contributed by atoms with Crippen molar-refractivity contribution < 1.29 is 14.7 Å². The minimum Gasteiger partial charge on any atom is -0.481 e. The van der Waals surface area contributed by atoms with E-state index in [1.54, 1.807) is 0 Å². The molecule has 4 nitrogen and oxygen atoms in total. The number of amides is 1. The molecule has 0 saturated heterocycles. The summed E-state index contributed by atoms with van der Waals surface area (Å²) in [5, 5.41) is 11.6. The Labute approximate surface area is 101 Å². The Kier molecular flexibility index (Phi) is 4.69. The molecule has 0 radical (unpaired) electrons. The lowest BCUT2D eigenvalue weighted by Gasteiger charge is -2.14. The smallest absolute Gasteiger partial charge is 0.308 e. The fraction of sp³-hybridized carbons (Fsp3) is 0.385. The summed E-state index contributed by atoms with van der Waals surface area (Å²) in [6, 6.07) is 7.67. The monoisotopic (exact) mass is 235 g/mol. The van der Waals surface area contributed by atoms with Crippen molar-refractivity contribution in [3.8, 4) is 0 Å². The second-order valence-electron chi connectivity index (χ2n) is 4.10. The fourth-order valence-corrected chi connectivity index (χ4v) is 1.62. The van der Waals surface area contributed by atoms with Crippen molar-refractivity contribution in [2.75, 3.05) is 6.54 Å². The van der Waals surface area contributed by atoms with Crippen LogP contribution in [0.4, 0.5) is 0 Å². The van der Waals surface area contributed by atoms with Crippen LogP contribution < -0.4 is 5.32 Å². The van der Waals surface area contributed by atoms with Crippen LogP contribution in [0, 0.1) is 12.8 Å². The predicted octanol–water partition coefficient (Wildman–Crippen LogP) is 1.37. The van der Waals surface area contributed by atoms with Crippen molar-refractivity contribution in [1.82, 2.24) is 5.32 Å². The van der Waals surface area contributed by atoms with Crippen LogP contribution in [-0.4, -0.2) is 23.5 Å². The zero-order valence-corrected chi connectivity index (χ0v) is 10.1. The topological polar surface area (TPSA) is 66.4 Å². The summed E-state index contributed by atoms with van der Waals surface area (Å²) >= 11 is 0. The third-order valence-electron chi connectivity index (χ3n) is 2.67. The molecular formula is C13H17NO3. The van der Waals surface area contributed by atoms with Gasteiger partial charge in [0, 0.05) is 13.5 Å². The molecule has 0 spiro atoms. The van der Waals surface area contributed by atoms with Gasteiger partial charge in [-0.25, -0.2) is 0 Å². The van der Waals surface area contributed by atoms with Gasteiger partial charge >= 0.3 is 5.97 Å². The van der Waals surface area contributed by atoms with Gasteiger partial charge in [0.25, 0.3) is 0 Å². The van der Waals surface area contributed by atoms with Crippen LogP contribution in [0.15, 0.2) is 24.3 Å². The average Bonchev–Trinajstić information content (AvgIpc) is 2.25.